The van der Waals surface area contributed by atoms with Crippen LogP contribution in [0.25, 0.3) is 10.9 Å². The minimum Gasteiger partial charge on any atom is -0.747 e. The number of rotatable bonds is 5. The molecule has 2 rings (SSSR count). The van der Waals surface area contributed by atoms with E-state index < -0.39 is 25.8 Å². The zero-order valence-corrected chi connectivity index (χ0v) is 20.6. The van der Waals surface area contributed by atoms with Crippen LogP contribution in [-0.4, -0.2) is 30.9 Å². The first kappa shape index (κ1) is 24.7. The van der Waals surface area contributed by atoms with Gasteiger partial charge in [0.05, 0.1) is 5.25 Å². The van der Waals surface area contributed by atoms with E-state index in [0.29, 0.717) is 10.9 Å². The van der Waals surface area contributed by atoms with Crippen LogP contribution in [0.1, 0.15) is 24.3 Å². The van der Waals surface area contributed by atoms with E-state index in [0.717, 1.165) is 0 Å². The molecule has 0 spiro atoms. The van der Waals surface area contributed by atoms with Gasteiger partial charge in [-0.25, -0.2) is 16.8 Å². The second-order valence-corrected chi connectivity index (χ2v) is 6.89. The van der Waals surface area contributed by atoms with Gasteiger partial charge in [-0.1, -0.05) is 6.92 Å². The molecule has 0 radical (unpaired) electrons. The van der Waals surface area contributed by atoms with Crippen molar-refractivity contribution in [3.8, 4) is 5.75 Å². The topological polar surface area (TPSA) is 139 Å². The molecule has 1 N–H and O–H groups in total. The zero-order chi connectivity index (χ0) is 15.8. The molecule has 23 heavy (non-hydrogen) atoms. The summed E-state index contributed by atoms with van der Waals surface area (Å²) in [7, 11) is -9.40. The Hall–Kier alpha value is 1.65. The summed E-state index contributed by atoms with van der Waals surface area (Å²) in [5, 5.41) is -0.800. The number of aromatic nitrogens is 1. The van der Waals surface area contributed by atoms with Crippen molar-refractivity contribution in [3.05, 3.63) is 30.0 Å². The van der Waals surface area contributed by atoms with Gasteiger partial charge < -0.3 is 18.3 Å². The fourth-order valence-electron chi connectivity index (χ4n) is 2.06. The Bertz CT molecular complexity index is 877. The summed E-state index contributed by atoms with van der Waals surface area (Å²) < 4.78 is 69.3. The third-order valence-electron chi connectivity index (χ3n) is 2.88. The first-order valence-electron chi connectivity index (χ1n) is 5.83. The van der Waals surface area contributed by atoms with E-state index in [1.807, 2.05) is 0 Å². The van der Waals surface area contributed by atoms with E-state index in [1.165, 1.54) is 24.3 Å². The molecule has 1 atom stereocenters. The standard InChI is InChI=1S/C11H13NO7S2.2K/c1-2-11(20(13,14)15)10-6-7-5-8(19-21(16,17)18)3-4-9(7)12-10;;/h3-6,11-12H,2H2,1H3,(H,13,14,15)(H,16,17,18);;/q;2*+1/p-2. The quantitative estimate of drug-likeness (QED) is 0.295. The molecular formula is C11H11K2NO7S2. The fraction of sp³-hybridized carbons (Fsp3) is 0.273. The normalized spacial score (nSPS) is 13.0. The molecule has 1 unspecified atom stereocenters. The first-order valence-corrected chi connectivity index (χ1v) is 8.63. The maximum atomic E-state index is 11.2. The van der Waals surface area contributed by atoms with Crippen LogP contribution in [0.5, 0.6) is 5.75 Å². The van der Waals surface area contributed by atoms with Gasteiger partial charge in [0.1, 0.15) is 15.9 Å². The molecule has 0 aliphatic rings. The van der Waals surface area contributed by atoms with Gasteiger partial charge >= 0.3 is 103 Å². The van der Waals surface area contributed by atoms with E-state index in [1.54, 1.807) is 6.92 Å². The zero-order valence-electron chi connectivity index (χ0n) is 12.8. The molecule has 12 heteroatoms. The fourth-order valence-corrected chi connectivity index (χ4v) is 3.24. The SMILES string of the molecule is CCC(c1cc2cc(OS(=O)(=O)[O-])ccc2[nH]1)S(=O)(=O)[O-].[K+].[K+]. The van der Waals surface area contributed by atoms with Crippen molar-refractivity contribution in [1.82, 2.24) is 4.98 Å². The molecule has 0 amide bonds. The van der Waals surface area contributed by atoms with Crippen molar-refractivity contribution >= 4 is 31.4 Å². The van der Waals surface area contributed by atoms with Crippen LogP contribution in [0.4, 0.5) is 0 Å². The van der Waals surface area contributed by atoms with E-state index in [-0.39, 0.29) is 121 Å². The summed E-state index contributed by atoms with van der Waals surface area (Å²) in [4.78, 5) is 2.78. The summed E-state index contributed by atoms with van der Waals surface area (Å²) >= 11 is 0. The van der Waals surface area contributed by atoms with E-state index in [4.69, 9.17) is 0 Å². The molecule has 0 bridgehead atoms. The van der Waals surface area contributed by atoms with Gasteiger partial charge in [-0.05, 0) is 30.7 Å². The monoisotopic (exact) mass is 411 g/mol. The molecule has 0 saturated carbocycles. The van der Waals surface area contributed by atoms with Gasteiger partial charge in [0.15, 0.2) is 0 Å². The van der Waals surface area contributed by atoms with Crippen molar-refractivity contribution in [1.29, 1.82) is 0 Å². The van der Waals surface area contributed by atoms with Crippen molar-refractivity contribution in [3.63, 3.8) is 0 Å². The number of H-pyrrole nitrogens is 1. The third-order valence-corrected chi connectivity index (χ3v) is 4.56. The van der Waals surface area contributed by atoms with Crippen molar-refractivity contribution < 1.29 is 133 Å². The number of benzene rings is 1. The average Bonchev–Trinajstić information content (AvgIpc) is 2.67. The maximum absolute atomic E-state index is 11.2. The van der Waals surface area contributed by atoms with Gasteiger partial charge in [-0.2, -0.15) is 0 Å². The third kappa shape index (κ3) is 7.05. The van der Waals surface area contributed by atoms with E-state index >= 15 is 0 Å². The molecule has 0 saturated heterocycles. The summed E-state index contributed by atoms with van der Waals surface area (Å²) in [6, 6.07) is 5.33. The van der Waals surface area contributed by atoms with Crippen LogP contribution < -0.4 is 107 Å². The van der Waals surface area contributed by atoms with E-state index in [9.17, 15) is 25.9 Å². The second-order valence-electron chi connectivity index (χ2n) is 4.36. The largest absolute Gasteiger partial charge is 1.00 e. The van der Waals surface area contributed by atoms with Crippen LogP contribution >= 0.6 is 0 Å². The van der Waals surface area contributed by atoms with Crippen LogP contribution in [0, 0.1) is 0 Å². The Morgan fingerprint density at radius 2 is 1.74 bits per heavy atom. The number of nitrogens with one attached hydrogen (secondary N) is 1. The van der Waals surface area contributed by atoms with E-state index in [2.05, 4.69) is 9.17 Å². The number of aromatic amines is 1. The maximum Gasteiger partial charge on any atom is 1.00 e. The number of fused-ring (bicyclic) bond motifs is 1. The van der Waals surface area contributed by atoms with Crippen molar-refractivity contribution in [2.45, 2.75) is 18.6 Å². The Morgan fingerprint density at radius 1 is 1.13 bits per heavy atom. The Morgan fingerprint density at radius 3 is 2.22 bits per heavy atom. The number of hydrogen-bond donors (Lipinski definition) is 1. The molecule has 1 aromatic carbocycles. The molecule has 2 aromatic rings. The Kier molecular flexibility index (Phi) is 10.2. The van der Waals surface area contributed by atoms with Crippen LogP contribution in [0.15, 0.2) is 24.3 Å². The molecular weight excluding hydrogens is 400 g/mol. The molecule has 8 nitrogen and oxygen atoms in total. The Balaban J connectivity index is 0.00000242. The minimum atomic E-state index is -4.89. The molecule has 0 aliphatic heterocycles. The minimum absolute atomic E-state index is 0. The van der Waals surface area contributed by atoms with Gasteiger partial charge in [0, 0.05) is 16.6 Å². The smallest absolute Gasteiger partial charge is 0.747 e. The van der Waals surface area contributed by atoms with Gasteiger partial charge in [-0.3, -0.25) is 0 Å². The van der Waals surface area contributed by atoms with Crippen molar-refractivity contribution in [2.24, 2.45) is 0 Å². The van der Waals surface area contributed by atoms with Crippen LogP contribution in [0.3, 0.4) is 0 Å². The molecule has 116 valence electrons. The van der Waals surface area contributed by atoms with Crippen LogP contribution in [0.2, 0.25) is 0 Å². The van der Waals surface area contributed by atoms with Crippen LogP contribution in [-0.2, 0) is 20.5 Å². The summed E-state index contributed by atoms with van der Waals surface area (Å²) in [5.41, 5.74) is 0.687. The predicted octanol–water partition coefficient (Wildman–Crippen LogP) is -4.99. The summed E-state index contributed by atoms with van der Waals surface area (Å²) in [6.07, 6.45) is 0.0942. The predicted molar refractivity (Wildman–Crippen MR) is 71.4 cm³/mol. The molecule has 1 aromatic heterocycles. The summed E-state index contributed by atoms with van der Waals surface area (Å²) in [5.74, 6) is -0.193. The molecule has 1 heterocycles. The van der Waals surface area contributed by atoms with Gasteiger partial charge in [-0.15, -0.1) is 0 Å². The second kappa shape index (κ2) is 9.55. The molecule has 0 aliphatic carbocycles. The summed E-state index contributed by atoms with van der Waals surface area (Å²) in [6.45, 7) is 1.56. The van der Waals surface area contributed by atoms with Gasteiger partial charge in [0.25, 0.3) is 10.4 Å². The molecule has 0 fully saturated rings. The Labute approximate surface area is 219 Å². The first-order chi connectivity index (χ1) is 9.60. The average molecular weight is 412 g/mol. The van der Waals surface area contributed by atoms with Crippen molar-refractivity contribution in [2.75, 3.05) is 0 Å². The van der Waals surface area contributed by atoms with Gasteiger partial charge in [0.2, 0.25) is 0 Å². The number of hydrogen-bond acceptors (Lipinski definition) is 7.